The zero-order valence-electron chi connectivity index (χ0n) is 16.1. The number of rotatable bonds is 6. The van der Waals surface area contributed by atoms with Gasteiger partial charge in [0.25, 0.3) is 5.91 Å². The molecular formula is C20H17BrFN7O2. The Morgan fingerprint density at radius 1 is 1.16 bits per heavy atom. The Balaban J connectivity index is 1.46. The molecule has 0 saturated heterocycles. The molecule has 2 heterocycles. The largest absolute Gasteiger partial charge is 0.368 e. The van der Waals surface area contributed by atoms with Gasteiger partial charge in [0.1, 0.15) is 23.9 Å². The van der Waals surface area contributed by atoms with Crippen LogP contribution in [-0.2, 0) is 16.1 Å². The van der Waals surface area contributed by atoms with E-state index < -0.39 is 23.7 Å². The molecule has 1 unspecified atom stereocenters. The highest BCUT2D eigenvalue weighted by molar-refractivity contribution is 9.10. The fraction of sp³-hybridized carbons (Fsp3) is 0.150. The van der Waals surface area contributed by atoms with Gasteiger partial charge < -0.3 is 5.73 Å². The molecule has 1 aliphatic heterocycles. The van der Waals surface area contributed by atoms with Crippen LogP contribution in [0.15, 0.2) is 64.4 Å². The number of benzene rings is 2. The van der Waals surface area contributed by atoms with Gasteiger partial charge in [-0.25, -0.2) is 14.1 Å². The normalized spacial score (nSPS) is 15.6. The number of primary amides is 1. The predicted octanol–water partition coefficient (Wildman–Crippen LogP) is 2.29. The van der Waals surface area contributed by atoms with Crippen LogP contribution in [0, 0.1) is 5.82 Å². The van der Waals surface area contributed by atoms with E-state index in [9.17, 15) is 14.0 Å². The van der Waals surface area contributed by atoms with Gasteiger partial charge in [0.2, 0.25) is 11.9 Å². The molecule has 0 aliphatic carbocycles. The van der Waals surface area contributed by atoms with Crippen molar-refractivity contribution in [2.45, 2.75) is 19.0 Å². The van der Waals surface area contributed by atoms with Gasteiger partial charge in [-0.2, -0.15) is 5.10 Å². The molecule has 0 bridgehead atoms. The number of carbonyl (C=O) groups is 2. The molecule has 11 heteroatoms. The Bertz CT molecular complexity index is 1150. The fourth-order valence-corrected chi connectivity index (χ4v) is 3.34. The first-order chi connectivity index (χ1) is 14.9. The van der Waals surface area contributed by atoms with Crippen molar-refractivity contribution in [1.82, 2.24) is 14.8 Å². The van der Waals surface area contributed by atoms with Crippen LogP contribution < -0.4 is 16.1 Å². The van der Waals surface area contributed by atoms with Crippen LogP contribution in [0.4, 0.5) is 16.0 Å². The van der Waals surface area contributed by atoms with Gasteiger partial charge in [-0.3, -0.25) is 19.9 Å². The van der Waals surface area contributed by atoms with Crippen molar-refractivity contribution in [2.75, 3.05) is 10.3 Å². The van der Waals surface area contributed by atoms with E-state index in [0.29, 0.717) is 12.2 Å². The van der Waals surface area contributed by atoms with E-state index >= 15 is 0 Å². The Morgan fingerprint density at radius 2 is 1.87 bits per heavy atom. The SMILES string of the molecule is NC(=O)C1CC(C(=O)Nc2ncn(Cc3ccc(Br)cc3)n2)=NN1c1ccc(F)cc1. The summed E-state index contributed by atoms with van der Waals surface area (Å²) >= 11 is 3.39. The monoisotopic (exact) mass is 485 g/mol. The molecule has 2 aromatic carbocycles. The smallest absolute Gasteiger partial charge is 0.274 e. The zero-order valence-corrected chi connectivity index (χ0v) is 17.7. The Kier molecular flexibility index (Phi) is 5.76. The highest BCUT2D eigenvalue weighted by Gasteiger charge is 2.35. The molecule has 1 aliphatic rings. The molecule has 4 rings (SSSR count). The van der Waals surface area contributed by atoms with Crippen LogP contribution >= 0.6 is 15.9 Å². The summed E-state index contributed by atoms with van der Waals surface area (Å²) in [6, 6.07) is 12.3. The van der Waals surface area contributed by atoms with E-state index in [-0.39, 0.29) is 18.1 Å². The van der Waals surface area contributed by atoms with Crippen LogP contribution in [0.25, 0.3) is 0 Å². The highest BCUT2D eigenvalue weighted by atomic mass is 79.9. The lowest BCUT2D eigenvalue weighted by molar-refractivity contribution is -0.119. The first-order valence-corrected chi connectivity index (χ1v) is 10.0. The van der Waals surface area contributed by atoms with Crippen molar-refractivity contribution in [2.24, 2.45) is 10.8 Å². The van der Waals surface area contributed by atoms with E-state index in [1.54, 1.807) is 4.68 Å². The van der Waals surface area contributed by atoms with Crippen LogP contribution in [0.1, 0.15) is 12.0 Å². The van der Waals surface area contributed by atoms with Gasteiger partial charge in [0, 0.05) is 10.9 Å². The number of hydrogen-bond donors (Lipinski definition) is 2. The molecule has 0 radical (unpaired) electrons. The van der Waals surface area contributed by atoms with Gasteiger partial charge in [0.05, 0.1) is 12.2 Å². The standard InChI is InChI=1S/C20H17BrFN7O2/c21-13-3-1-12(2-4-13)10-28-11-24-20(27-28)25-19(31)16-9-17(18(23)30)29(26-16)15-7-5-14(22)6-8-15/h1-8,11,17H,9-10H2,(H2,23,30)(H,25,27,31). The summed E-state index contributed by atoms with van der Waals surface area (Å²) in [5.41, 5.74) is 7.03. The number of halogens is 2. The maximum absolute atomic E-state index is 13.2. The first-order valence-electron chi connectivity index (χ1n) is 9.26. The molecular weight excluding hydrogens is 469 g/mol. The summed E-state index contributed by atoms with van der Waals surface area (Å²) in [6.45, 7) is 0.485. The Morgan fingerprint density at radius 3 is 2.55 bits per heavy atom. The van der Waals surface area contributed by atoms with E-state index in [1.165, 1.54) is 35.6 Å². The van der Waals surface area contributed by atoms with Gasteiger partial charge >= 0.3 is 0 Å². The number of anilines is 2. The van der Waals surface area contributed by atoms with E-state index in [0.717, 1.165) is 10.0 Å². The maximum Gasteiger partial charge on any atom is 0.274 e. The van der Waals surface area contributed by atoms with Crippen LogP contribution in [-0.4, -0.2) is 38.3 Å². The summed E-state index contributed by atoms with van der Waals surface area (Å²) < 4.78 is 15.8. The van der Waals surface area contributed by atoms with Crippen LogP contribution in [0.2, 0.25) is 0 Å². The third-order valence-corrected chi connectivity index (χ3v) is 5.14. The molecule has 2 amide bonds. The van der Waals surface area contributed by atoms with Crippen molar-refractivity contribution < 1.29 is 14.0 Å². The Hall–Kier alpha value is -3.60. The zero-order chi connectivity index (χ0) is 22.0. The van der Waals surface area contributed by atoms with Crippen molar-refractivity contribution in [3.05, 3.63) is 70.7 Å². The number of nitrogens with one attached hydrogen (secondary N) is 1. The van der Waals surface area contributed by atoms with Gasteiger partial charge in [-0.05, 0) is 42.0 Å². The molecule has 31 heavy (non-hydrogen) atoms. The van der Waals surface area contributed by atoms with E-state index in [4.69, 9.17) is 5.73 Å². The quantitative estimate of drug-likeness (QED) is 0.555. The number of nitrogens with two attached hydrogens (primary N) is 1. The number of carbonyl (C=O) groups excluding carboxylic acids is 2. The predicted molar refractivity (Wildman–Crippen MR) is 116 cm³/mol. The number of aromatic nitrogens is 3. The van der Waals surface area contributed by atoms with Gasteiger partial charge in [-0.15, -0.1) is 5.10 Å². The molecule has 0 fully saturated rings. The Labute approximate surface area is 184 Å². The lowest BCUT2D eigenvalue weighted by Crippen LogP contribution is -2.39. The average Bonchev–Trinajstić information content (AvgIpc) is 3.38. The number of amides is 2. The molecule has 3 N–H and O–H groups in total. The second-order valence-corrected chi connectivity index (χ2v) is 7.75. The average molecular weight is 486 g/mol. The van der Waals surface area contributed by atoms with Gasteiger partial charge in [-0.1, -0.05) is 28.1 Å². The molecule has 9 nitrogen and oxygen atoms in total. The molecule has 3 aromatic rings. The topological polar surface area (TPSA) is 118 Å². The minimum Gasteiger partial charge on any atom is -0.368 e. The summed E-state index contributed by atoms with van der Waals surface area (Å²) in [5.74, 6) is -1.50. The first kappa shape index (κ1) is 20.7. The lowest BCUT2D eigenvalue weighted by Gasteiger charge is -2.20. The third kappa shape index (κ3) is 4.77. The summed E-state index contributed by atoms with van der Waals surface area (Å²) in [4.78, 5) is 28.6. The van der Waals surface area contributed by atoms with Crippen LogP contribution in [0.5, 0.6) is 0 Å². The van der Waals surface area contributed by atoms with Crippen molar-refractivity contribution >= 4 is 45.1 Å². The lowest BCUT2D eigenvalue weighted by atomic mass is 10.1. The second-order valence-electron chi connectivity index (χ2n) is 6.84. The number of nitrogens with zero attached hydrogens (tertiary/aromatic N) is 5. The molecule has 0 spiro atoms. The highest BCUT2D eigenvalue weighted by Crippen LogP contribution is 2.25. The fourth-order valence-electron chi connectivity index (χ4n) is 3.08. The number of hydrazone groups is 1. The van der Waals surface area contributed by atoms with Gasteiger partial charge in [0.15, 0.2) is 0 Å². The second kappa shape index (κ2) is 8.64. The van der Waals surface area contributed by atoms with E-state index in [2.05, 4.69) is 36.4 Å². The summed E-state index contributed by atoms with van der Waals surface area (Å²) in [6.07, 6.45) is 1.52. The van der Waals surface area contributed by atoms with E-state index in [1.807, 2.05) is 24.3 Å². The summed E-state index contributed by atoms with van der Waals surface area (Å²) in [7, 11) is 0. The van der Waals surface area contributed by atoms with Crippen LogP contribution in [0.3, 0.4) is 0 Å². The molecule has 0 saturated carbocycles. The molecule has 1 aromatic heterocycles. The summed E-state index contributed by atoms with van der Waals surface area (Å²) in [5, 5.41) is 12.4. The minimum absolute atomic E-state index is 0.0120. The molecule has 158 valence electrons. The van der Waals surface area contributed by atoms with Crippen molar-refractivity contribution in [1.29, 1.82) is 0 Å². The maximum atomic E-state index is 13.2. The van der Waals surface area contributed by atoms with Crippen molar-refractivity contribution in [3.8, 4) is 0 Å². The molecule has 1 atom stereocenters. The minimum atomic E-state index is -0.853. The third-order valence-electron chi connectivity index (χ3n) is 4.61. The van der Waals surface area contributed by atoms with Crippen molar-refractivity contribution in [3.63, 3.8) is 0 Å². The number of hydrogen-bond acceptors (Lipinski definition) is 6.